The number of anilines is 1. The highest BCUT2D eigenvalue weighted by Crippen LogP contribution is 2.26. The van der Waals surface area contributed by atoms with Gasteiger partial charge in [-0.3, -0.25) is 4.79 Å². The molecule has 140 valence electrons. The van der Waals surface area contributed by atoms with Gasteiger partial charge in [0.2, 0.25) is 0 Å². The zero-order valence-electron chi connectivity index (χ0n) is 16.1. The van der Waals surface area contributed by atoms with E-state index in [4.69, 9.17) is 15.2 Å². The van der Waals surface area contributed by atoms with Gasteiger partial charge in [-0.05, 0) is 70.0 Å². The number of nitrogens with two attached hydrogens (primary N) is 1. The number of hydrogen-bond donors (Lipinski definition) is 2. The molecule has 0 aliphatic rings. The standard InChI is InChI=1S/C21H28N2O3/c1-13(2)26-19-8-6-7-18(11-19)23-21(24)17-9-14(3)20(15(4)10-17)25-12-16(5)22/h6-11,13,16H,12,22H2,1-5H3,(H,23,24)/t16-/m1/s1. The molecule has 2 rings (SSSR count). The molecule has 26 heavy (non-hydrogen) atoms. The number of ether oxygens (including phenoxy) is 2. The maximum atomic E-state index is 12.6. The number of aryl methyl sites for hydroxylation is 2. The van der Waals surface area contributed by atoms with Crippen LogP contribution in [0, 0.1) is 13.8 Å². The lowest BCUT2D eigenvalue weighted by atomic mass is 10.0. The van der Waals surface area contributed by atoms with E-state index in [1.807, 2.05) is 71.0 Å². The van der Waals surface area contributed by atoms with Gasteiger partial charge in [0.1, 0.15) is 18.1 Å². The quantitative estimate of drug-likeness (QED) is 0.784. The van der Waals surface area contributed by atoms with Crippen LogP contribution in [0.5, 0.6) is 11.5 Å². The van der Waals surface area contributed by atoms with Crippen molar-refractivity contribution >= 4 is 11.6 Å². The molecule has 0 spiro atoms. The number of amides is 1. The predicted octanol–water partition coefficient (Wildman–Crippen LogP) is 4.07. The zero-order chi connectivity index (χ0) is 19.3. The number of nitrogens with one attached hydrogen (secondary N) is 1. The molecular weight excluding hydrogens is 328 g/mol. The molecule has 0 aliphatic heterocycles. The summed E-state index contributed by atoms with van der Waals surface area (Å²) in [5, 5.41) is 2.92. The molecule has 0 radical (unpaired) electrons. The van der Waals surface area contributed by atoms with E-state index in [0.29, 0.717) is 17.9 Å². The van der Waals surface area contributed by atoms with Crippen LogP contribution in [-0.4, -0.2) is 24.7 Å². The summed E-state index contributed by atoms with van der Waals surface area (Å²) in [6, 6.07) is 11.0. The van der Waals surface area contributed by atoms with Crippen molar-refractivity contribution in [2.24, 2.45) is 5.73 Å². The Labute approximate surface area is 155 Å². The summed E-state index contributed by atoms with van der Waals surface area (Å²) in [7, 11) is 0. The lowest BCUT2D eigenvalue weighted by molar-refractivity contribution is 0.102. The van der Waals surface area contributed by atoms with Crippen LogP contribution in [0.15, 0.2) is 36.4 Å². The van der Waals surface area contributed by atoms with E-state index in [1.54, 1.807) is 0 Å². The van der Waals surface area contributed by atoms with Crippen LogP contribution in [-0.2, 0) is 0 Å². The van der Waals surface area contributed by atoms with Gasteiger partial charge in [-0.25, -0.2) is 0 Å². The van der Waals surface area contributed by atoms with Gasteiger partial charge in [0, 0.05) is 23.4 Å². The number of carbonyl (C=O) groups is 1. The van der Waals surface area contributed by atoms with Crippen LogP contribution in [0.25, 0.3) is 0 Å². The normalized spacial score (nSPS) is 12.0. The fourth-order valence-electron chi connectivity index (χ4n) is 2.65. The van der Waals surface area contributed by atoms with Gasteiger partial charge in [0.25, 0.3) is 5.91 Å². The van der Waals surface area contributed by atoms with Crippen molar-refractivity contribution in [2.45, 2.75) is 46.8 Å². The minimum atomic E-state index is -0.170. The average Bonchev–Trinajstić information content (AvgIpc) is 2.53. The first-order chi connectivity index (χ1) is 12.3. The van der Waals surface area contributed by atoms with Gasteiger partial charge < -0.3 is 20.5 Å². The molecular formula is C21H28N2O3. The molecule has 0 saturated carbocycles. The van der Waals surface area contributed by atoms with Crippen LogP contribution < -0.4 is 20.5 Å². The predicted molar refractivity (Wildman–Crippen MR) is 105 cm³/mol. The number of benzene rings is 2. The Bertz CT molecular complexity index is 747. The zero-order valence-corrected chi connectivity index (χ0v) is 16.1. The van der Waals surface area contributed by atoms with Crippen molar-refractivity contribution < 1.29 is 14.3 Å². The highest BCUT2D eigenvalue weighted by atomic mass is 16.5. The molecule has 1 atom stereocenters. The Morgan fingerprint density at radius 3 is 2.35 bits per heavy atom. The summed E-state index contributed by atoms with van der Waals surface area (Å²) in [6.07, 6.45) is 0.0787. The fraction of sp³-hybridized carbons (Fsp3) is 0.381. The van der Waals surface area contributed by atoms with Gasteiger partial charge >= 0.3 is 0 Å². The van der Waals surface area contributed by atoms with Crippen molar-refractivity contribution in [1.82, 2.24) is 0 Å². The molecule has 2 aromatic carbocycles. The smallest absolute Gasteiger partial charge is 0.255 e. The van der Waals surface area contributed by atoms with Crippen LogP contribution in [0.2, 0.25) is 0 Å². The number of carbonyl (C=O) groups excluding carboxylic acids is 1. The molecule has 0 unspecified atom stereocenters. The summed E-state index contributed by atoms with van der Waals surface area (Å²) >= 11 is 0. The largest absolute Gasteiger partial charge is 0.491 e. The van der Waals surface area contributed by atoms with Gasteiger partial charge in [-0.2, -0.15) is 0 Å². The first kappa shape index (κ1) is 19.8. The molecule has 0 saturated heterocycles. The van der Waals surface area contributed by atoms with Crippen LogP contribution in [0.3, 0.4) is 0 Å². The molecule has 5 nitrogen and oxygen atoms in total. The van der Waals surface area contributed by atoms with Crippen molar-refractivity contribution in [3.05, 3.63) is 53.1 Å². The van der Waals surface area contributed by atoms with E-state index < -0.39 is 0 Å². The summed E-state index contributed by atoms with van der Waals surface area (Å²) < 4.78 is 11.4. The maximum Gasteiger partial charge on any atom is 0.255 e. The highest BCUT2D eigenvalue weighted by Gasteiger charge is 2.13. The molecule has 2 aromatic rings. The second kappa shape index (κ2) is 8.72. The van der Waals surface area contributed by atoms with Crippen LogP contribution in [0.4, 0.5) is 5.69 Å². The molecule has 0 heterocycles. The molecule has 0 aromatic heterocycles. The second-order valence-corrected chi connectivity index (χ2v) is 6.88. The van der Waals surface area contributed by atoms with Gasteiger partial charge in [0.15, 0.2) is 0 Å². The minimum Gasteiger partial charge on any atom is -0.491 e. The van der Waals surface area contributed by atoms with Crippen molar-refractivity contribution in [2.75, 3.05) is 11.9 Å². The van der Waals surface area contributed by atoms with E-state index in [-0.39, 0.29) is 18.1 Å². The number of hydrogen-bond acceptors (Lipinski definition) is 4. The molecule has 0 bridgehead atoms. The van der Waals surface area contributed by atoms with Crippen molar-refractivity contribution in [3.8, 4) is 11.5 Å². The average molecular weight is 356 g/mol. The maximum absolute atomic E-state index is 12.6. The Hall–Kier alpha value is -2.53. The van der Waals surface area contributed by atoms with E-state index >= 15 is 0 Å². The first-order valence-corrected chi connectivity index (χ1v) is 8.84. The molecule has 0 aliphatic carbocycles. The minimum absolute atomic E-state index is 0.0443. The third-order valence-corrected chi connectivity index (χ3v) is 3.68. The Morgan fingerprint density at radius 2 is 1.77 bits per heavy atom. The van der Waals surface area contributed by atoms with Crippen molar-refractivity contribution in [1.29, 1.82) is 0 Å². The molecule has 3 N–H and O–H groups in total. The third kappa shape index (κ3) is 5.49. The first-order valence-electron chi connectivity index (χ1n) is 8.84. The monoisotopic (exact) mass is 356 g/mol. The van der Waals surface area contributed by atoms with Crippen LogP contribution >= 0.6 is 0 Å². The SMILES string of the molecule is Cc1cc(C(=O)Nc2cccc(OC(C)C)c2)cc(C)c1OC[C@@H](C)N. The van der Waals surface area contributed by atoms with Crippen LogP contribution in [0.1, 0.15) is 42.3 Å². The van der Waals surface area contributed by atoms with E-state index in [9.17, 15) is 4.79 Å². The Kier molecular flexibility index (Phi) is 6.64. The van der Waals surface area contributed by atoms with Gasteiger partial charge in [-0.1, -0.05) is 6.07 Å². The molecule has 0 fully saturated rings. The summed E-state index contributed by atoms with van der Waals surface area (Å²) in [5.74, 6) is 1.34. The lowest BCUT2D eigenvalue weighted by Crippen LogP contribution is -2.24. The fourth-order valence-corrected chi connectivity index (χ4v) is 2.65. The van der Waals surface area contributed by atoms with E-state index in [0.717, 1.165) is 22.6 Å². The number of rotatable bonds is 7. The van der Waals surface area contributed by atoms with E-state index in [2.05, 4.69) is 5.32 Å². The topological polar surface area (TPSA) is 73.6 Å². The second-order valence-electron chi connectivity index (χ2n) is 6.88. The lowest BCUT2D eigenvalue weighted by Gasteiger charge is -2.16. The summed E-state index contributed by atoms with van der Waals surface area (Å²) in [4.78, 5) is 12.6. The Morgan fingerprint density at radius 1 is 1.12 bits per heavy atom. The Balaban J connectivity index is 2.15. The van der Waals surface area contributed by atoms with Gasteiger partial charge in [-0.15, -0.1) is 0 Å². The summed E-state index contributed by atoms with van der Waals surface area (Å²) in [5.41, 5.74) is 8.85. The summed E-state index contributed by atoms with van der Waals surface area (Å²) in [6.45, 7) is 10.1. The van der Waals surface area contributed by atoms with E-state index in [1.165, 1.54) is 0 Å². The van der Waals surface area contributed by atoms with Crippen molar-refractivity contribution in [3.63, 3.8) is 0 Å². The molecule has 1 amide bonds. The highest BCUT2D eigenvalue weighted by molar-refractivity contribution is 6.04. The third-order valence-electron chi connectivity index (χ3n) is 3.68. The van der Waals surface area contributed by atoms with Gasteiger partial charge in [0.05, 0.1) is 6.10 Å². The molecule has 5 heteroatoms.